The number of piperidine rings is 1. The number of carbonyl (C=O) groups is 2. The molecule has 2 aromatic rings. The summed E-state index contributed by atoms with van der Waals surface area (Å²) in [6.45, 7) is 1.06. The van der Waals surface area contributed by atoms with E-state index in [0.29, 0.717) is 19.5 Å². The summed E-state index contributed by atoms with van der Waals surface area (Å²) in [6, 6.07) is 18.2. The van der Waals surface area contributed by atoms with Gasteiger partial charge in [-0.3, -0.25) is 9.59 Å². The molecule has 3 rings (SSSR count). The smallest absolute Gasteiger partial charge is 0.223 e. The summed E-state index contributed by atoms with van der Waals surface area (Å²) in [6.07, 6.45) is 0.990. The summed E-state index contributed by atoms with van der Waals surface area (Å²) in [5.74, 6) is -0.293. The van der Waals surface area contributed by atoms with Gasteiger partial charge in [0, 0.05) is 35.2 Å². The van der Waals surface area contributed by atoms with Gasteiger partial charge in [-0.1, -0.05) is 48.2 Å². The van der Waals surface area contributed by atoms with Gasteiger partial charge in [0.2, 0.25) is 11.8 Å². The Morgan fingerprint density at radius 2 is 1.88 bits per heavy atom. The number of carbonyl (C=O) groups excluding carboxylic acids is 2. The maximum atomic E-state index is 12.3. The molecule has 1 aliphatic rings. The van der Waals surface area contributed by atoms with Gasteiger partial charge in [0.25, 0.3) is 0 Å². The van der Waals surface area contributed by atoms with Crippen molar-refractivity contribution in [2.45, 2.75) is 29.2 Å². The van der Waals surface area contributed by atoms with Crippen LogP contribution >= 0.6 is 11.8 Å². The molecule has 0 saturated carbocycles. The summed E-state index contributed by atoms with van der Waals surface area (Å²) in [5, 5.41) is 5.74. The first kappa shape index (κ1) is 16.6. The van der Waals surface area contributed by atoms with E-state index in [4.69, 9.17) is 0 Å². The number of nitrogens with one attached hydrogen (secondary N) is 2. The van der Waals surface area contributed by atoms with Crippen LogP contribution < -0.4 is 10.6 Å². The van der Waals surface area contributed by atoms with E-state index in [-0.39, 0.29) is 24.2 Å². The normalized spacial score (nSPS) is 17.2. The first-order valence-electron chi connectivity index (χ1n) is 8.07. The third-order valence-electron chi connectivity index (χ3n) is 4.01. The van der Waals surface area contributed by atoms with Gasteiger partial charge in [-0.2, -0.15) is 0 Å². The van der Waals surface area contributed by atoms with Crippen molar-refractivity contribution >= 4 is 23.6 Å². The minimum Gasteiger partial charge on any atom is -0.356 e. The van der Waals surface area contributed by atoms with Crippen LogP contribution in [0.15, 0.2) is 64.4 Å². The van der Waals surface area contributed by atoms with Crippen molar-refractivity contribution < 1.29 is 9.59 Å². The lowest BCUT2D eigenvalue weighted by Gasteiger charge is -2.21. The van der Waals surface area contributed by atoms with E-state index >= 15 is 0 Å². The number of rotatable bonds is 5. The molecule has 1 heterocycles. The minimum absolute atomic E-state index is 0.0376. The lowest BCUT2D eigenvalue weighted by molar-refractivity contribution is -0.132. The Morgan fingerprint density at radius 1 is 1.12 bits per heavy atom. The highest BCUT2D eigenvalue weighted by Crippen LogP contribution is 2.30. The number of amides is 2. The third-order valence-corrected chi connectivity index (χ3v) is 5.14. The van der Waals surface area contributed by atoms with Crippen LogP contribution in [0.4, 0.5) is 0 Å². The molecule has 4 nitrogen and oxygen atoms in total. The Hall–Kier alpha value is -2.27. The molecule has 0 radical (unpaired) electrons. The van der Waals surface area contributed by atoms with Crippen LogP contribution in [0.1, 0.15) is 18.4 Å². The van der Waals surface area contributed by atoms with Crippen molar-refractivity contribution in [2.75, 3.05) is 6.54 Å². The Bertz CT molecular complexity index is 718. The Morgan fingerprint density at radius 3 is 2.67 bits per heavy atom. The van der Waals surface area contributed by atoms with Gasteiger partial charge in [-0.05, 0) is 30.2 Å². The molecule has 1 fully saturated rings. The summed E-state index contributed by atoms with van der Waals surface area (Å²) in [4.78, 5) is 26.0. The SMILES string of the molecule is O=C1C[C@H](C(=O)NCc2ccccc2Sc2ccccc2)CCN1. The van der Waals surface area contributed by atoms with Gasteiger partial charge >= 0.3 is 0 Å². The van der Waals surface area contributed by atoms with Crippen molar-refractivity contribution in [3.63, 3.8) is 0 Å². The van der Waals surface area contributed by atoms with Crippen molar-refractivity contribution in [1.82, 2.24) is 10.6 Å². The lowest BCUT2D eigenvalue weighted by Crippen LogP contribution is -2.40. The van der Waals surface area contributed by atoms with E-state index in [1.54, 1.807) is 11.8 Å². The zero-order chi connectivity index (χ0) is 16.8. The molecule has 24 heavy (non-hydrogen) atoms. The van der Waals surface area contributed by atoms with Crippen molar-refractivity contribution in [1.29, 1.82) is 0 Å². The predicted octanol–water partition coefficient (Wildman–Crippen LogP) is 2.98. The highest BCUT2D eigenvalue weighted by atomic mass is 32.2. The van der Waals surface area contributed by atoms with Crippen LogP contribution in [0.3, 0.4) is 0 Å². The van der Waals surface area contributed by atoms with Crippen LogP contribution in [0, 0.1) is 5.92 Å². The van der Waals surface area contributed by atoms with Crippen LogP contribution in [-0.4, -0.2) is 18.4 Å². The monoisotopic (exact) mass is 340 g/mol. The predicted molar refractivity (Wildman–Crippen MR) is 94.6 cm³/mol. The van der Waals surface area contributed by atoms with Crippen LogP contribution in [0.25, 0.3) is 0 Å². The number of hydrogen-bond acceptors (Lipinski definition) is 3. The molecule has 124 valence electrons. The maximum Gasteiger partial charge on any atom is 0.223 e. The van der Waals surface area contributed by atoms with Crippen LogP contribution in [0.2, 0.25) is 0 Å². The van der Waals surface area contributed by atoms with E-state index in [9.17, 15) is 9.59 Å². The molecule has 2 N–H and O–H groups in total. The molecule has 0 unspecified atom stereocenters. The molecule has 0 bridgehead atoms. The van der Waals surface area contributed by atoms with Gasteiger partial charge < -0.3 is 10.6 Å². The Balaban J connectivity index is 1.63. The second kappa shape index (κ2) is 8.02. The summed E-state index contributed by atoms with van der Waals surface area (Å²) >= 11 is 1.69. The zero-order valence-corrected chi connectivity index (χ0v) is 14.1. The first-order chi connectivity index (χ1) is 11.7. The number of hydrogen-bond donors (Lipinski definition) is 2. The lowest BCUT2D eigenvalue weighted by atomic mass is 9.96. The molecule has 5 heteroatoms. The standard InChI is InChI=1S/C19H20N2O2S/c22-18-12-14(10-11-20-18)19(23)21-13-15-6-4-5-9-17(15)24-16-7-2-1-3-8-16/h1-9,14H,10-13H2,(H,20,22)(H,21,23)/t14-/m1/s1. The average molecular weight is 340 g/mol. The molecule has 0 aromatic heterocycles. The molecule has 1 atom stereocenters. The van der Waals surface area contributed by atoms with Crippen molar-refractivity contribution in [2.24, 2.45) is 5.92 Å². The maximum absolute atomic E-state index is 12.3. The van der Waals surface area contributed by atoms with Crippen LogP contribution in [-0.2, 0) is 16.1 Å². The Labute approximate surface area is 146 Å². The molecule has 0 spiro atoms. The summed E-state index contributed by atoms with van der Waals surface area (Å²) in [7, 11) is 0. The van der Waals surface area contributed by atoms with E-state index in [0.717, 1.165) is 10.5 Å². The quantitative estimate of drug-likeness (QED) is 0.880. The van der Waals surface area contributed by atoms with E-state index in [1.165, 1.54) is 4.90 Å². The molecule has 1 saturated heterocycles. The molecular formula is C19H20N2O2S. The second-order valence-corrected chi connectivity index (χ2v) is 6.90. The average Bonchev–Trinajstić information content (AvgIpc) is 2.61. The highest BCUT2D eigenvalue weighted by molar-refractivity contribution is 7.99. The molecule has 2 amide bonds. The third kappa shape index (κ3) is 4.38. The van der Waals surface area contributed by atoms with E-state index in [2.05, 4.69) is 28.8 Å². The molecule has 0 aliphatic carbocycles. The van der Waals surface area contributed by atoms with E-state index < -0.39 is 0 Å². The van der Waals surface area contributed by atoms with Crippen molar-refractivity contribution in [3.05, 3.63) is 60.2 Å². The Kier molecular flexibility index (Phi) is 5.54. The summed E-state index contributed by atoms with van der Waals surface area (Å²) < 4.78 is 0. The highest BCUT2D eigenvalue weighted by Gasteiger charge is 2.25. The number of benzene rings is 2. The van der Waals surface area contributed by atoms with Crippen LogP contribution in [0.5, 0.6) is 0 Å². The minimum atomic E-state index is -0.215. The van der Waals surface area contributed by atoms with Gasteiger partial charge in [-0.25, -0.2) is 0 Å². The second-order valence-electron chi connectivity index (χ2n) is 5.78. The van der Waals surface area contributed by atoms with Gasteiger partial charge in [0.1, 0.15) is 0 Å². The fraction of sp³-hybridized carbons (Fsp3) is 0.263. The summed E-state index contributed by atoms with van der Waals surface area (Å²) in [5.41, 5.74) is 1.08. The topological polar surface area (TPSA) is 58.2 Å². The fourth-order valence-electron chi connectivity index (χ4n) is 2.70. The molecule has 1 aliphatic heterocycles. The molecular weight excluding hydrogens is 320 g/mol. The van der Waals surface area contributed by atoms with Gasteiger partial charge in [-0.15, -0.1) is 0 Å². The van der Waals surface area contributed by atoms with Gasteiger partial charge in [0.05, 0.1) is 0 Å². The first-order valence-corrected chi connectivity index (χ1v) is 8.89. The zero-order valence-electron chi connectivity index (χ0n) is 13.3. The van der Waals surface area contributed by atoms with E-state index in [1.807, 2.05) is 36.4 Å². The van der Waals surface area contributed by atoms with Crippen molar-refractivity contribution in [3.8, 4) is 0 Å². The largest absolute Gasteiger partial charge is 0.356 e. The molecule has 2 aromatic carbocycles. The fourth-order valence-corrected chi connectivity index (χ4v) is 3.66. The van der Waals surface area contributed by atoms with Gasteiger partial charge in [0.15, 0.2) is 0 Å².